The molecule has 0 unspecified atom stereocenters. The van der Waals surface area contributed by atoms with Gasteiger partial charge in [-0.3, -0.25) is 10.2 Å². The maximum Gasteiger partial charge on any atom is 0.203 e. The Labute approximate surface area is 149 Å². The Morgan fingerprint density at radius 3 is 2.46 bits per heavy atom. The molecule has 0 aliphatic carbocycles. The molecule has 124 valence electrons. The molecule has 2 aromatic carbocycles. The third kappa shape index (κ3) is 2.84. The Hall–Kier alpha value is -2.14. The van der Waals surface area contributed by atoms with E-state index in [1.807, 2.05) is 35.9 Å². The molecule has 0 fully saturated rings. The first-order chi connectivity index (χ1) is 11.4. The van der Waals surface area contributed by atoms with E-state index in [2.05, 4.69) is 35.8 Å². The minimum Gasteiger partial charge on any atom is -0.313 e. The second-order valence-electron chi connectivity index (χ2n) is 6.27. The van der Waals surface area contributed by atoms with Gasteiger partial charge in [0.25, 0.3) is 0 Å². The van der Waals surface area contributed by atoms with Crippen molar-refractivity contribution in [1.82, 2.24) is 9.13 Å². The summed E-state index contributed by atoms with van der Waals surface area (Å²) in [5, 5.41) is 8.42. The number of carbonyl (C=O) groups excluding carboxylic acids is 1. The average Bonchev–Trinajstić information content (AvgIpc) is 2.80. The van der Waals surface area contributed by atoms with Gasteiger partial charge in [0.1, 0.15) is 0 Å². The summed E-state index contributed by atoms with van der Waals surface area (Å²) in [4.78, 5) is 12.6. The zero-order chi connectivity index (χ0) is 17.4. The number of nitrogens with zero attached hydrogens (tertiary/aromatic N) is 2. The van der Waals surface area contributed by atoms with Crippen LogP contribution in [0.3, 0.4) is 0 Å². The van der Waals surface area contributed by atoms with Crippen LogP contribution < -0.4 is 5.62 Å². The quantitative estimate of drug-likeness (QED) is 0.671. The molecule has 0 saturated carbocycles. The van der Waals surface area contributed by atoms with E-state index in [9.17, 15) is 4.79 Å². The SMILES string of the molecule is CC(C)c1cccc2c1n(C)c(=N)n2CC(=O)c1ccc(Br)cc1. The molecule has 3 aromatic rings. The number of benzene rings is 2. The Bertz CT molecular complexity index is 965. The van der Waals surface area contributed by atoms with Gasteiger partial charge in [-0.2, -0.15) is 0 Å². The molecule has 0 saturated heterocycles. The summed E-state index contributed by atoms with van der Waals surface area (Å²) in [6, 6.07) is 13.4. The van der Waals surface area contributed by atoms with Crippen molar-refractivity contribution in [3.05, 3.63) is 63.7 Å². The zero-order valence-electron chi connectivity index (χ0n) is 14.0. The molecule has 0 aliphatic heterocycles. The van der Waals surface area contributed by atoms with Gasteiger partial charge < -0.3 is 9.13 Å². The van der Waals surface area contributed by atoms with Crippen molar-refractivity contribution in [1.29, 1.82) is 5.41 Å². The molecule has 3 rings (SSSR count). The van der Waals surface area contributed by atoms with Gasteiger partial charge in [-0.15, -0.1) is 0 Å². The number of rotatable bonds is 4. The number of aryl methyl sites for hydroxylation is 1. The molecular weight excluding hydrogens is 366 g/mol. The monoisotopic (exact) mass is 385 g/mol. The number of imidazole rings is 1. The van der Waals surface area contributed by atoms with E-state index in [1.54, 1.807) is 16.7 Å². The summed E-state index contributed by atoms with van der Waals surface area (Å²) in [6.45, 7) is 4.45. The Kier molecular flexibility index (Phi) is 4.45. The van der Waals surface area contributed by atoms with Crippen molar-refractivity contribution < 1.29 is 4.79 Å². The number of halogens is 1. The third-order valence-electron chi connectivity index (χ3n) is 4.34. The molecule has 0 atom stereocenters. The number of para-hydroxylation sites is 1. The average molecular weight is 386 g/mol. The van der Waals surface area contributed by atoms with Gasteiger partial charge in [0.15, 0.2) is 5.78 Å². The molecule has 5 heteroatoms. The van der Waals surface area contributed by atoms with Crippen LogP contribution in [0.5, 0.6) is 0 Å². The minimum atomic E-state index is 0.00319. The summed E-state index contributed by atoms with van der Waals surface area (Å²) < 4.78 is 4.59. The summed E-state index contributed by atoms with van der Waals surface area (Å²) in [5.41, 5.74) is 4.14. The highest BCUT2D eigenvalue weighted by molar-refractivity contribution is 9.10. The minimum absolute atomic E-state index is 0.00319. The molecule has 0 radical (unpaired) electrons. The number of ketones is 1. The lowest BCUT2D eigenvalue weighted by Crippen LogP contribution is -2.25. The van der Waals surface area contributed by atoms with E-state index in [0.717, 1.165) is 15.5 Å². The van der Waals surface area contributed by atoms with Gasteiger partial charge in [-0.05, 0) is 29.7 Å². The number of nitrogens with one attached hydrogen (secondary N) is 1. The standard InChI is InChI=1S/C19H20BrN3O/c1-12(2)15-5-4-6-16-18(15)22(3)19(21)23(16)11-17(24)13-7-9-14(20)10-8-13/h4-10,12,21H,11H2,1-3H3. The molecule has 24 heavy (non-hydrogen) atoms. The van der Waals surface area contributed by atoms with Crippen LogP contribution in [0.15, 0.2) is 46.9 Å². The van der Waals surface area contributed by atoms with Crippen molar-refractivity contribution in [3.8, 4) is 0 Å². The number of hydrogen-bond donors (Lipinski definition) is 1. The van der Waals surface area contributed by atoms with E-state index in [0.29, 0.717) is 17.1 Å². The van der Waals surface area contributed by atoms with Gasteiger partial charge in [-0.1, -0.05) is 54.0 Å². The molecule has 0 aliphatic rings. The van der Waals surface area contributed by atoms with Crippen LogP contribution in [-0.2, 0) is 13.6 Å². The van der Waals surface area contributed by atoms with E-state index in [1.165, 1.54) is 5.56 Å². The van der Waals surface area contributed by atoms with Crippen LogP contribution in [0, 0.1) is 5.41 Å². The predicted octanol–water partition coefficient (Wildman–Crippen LogP) is 4.23. The van der Waals surface area contributed by atoms with Crippen LogP contribution in [0.2, 0.25) is 0 Å². The highest BCUT2D eigenvalue weighted by atomic mass is 79.9. The van der Waals surface area contributed by atoms with Crippen LogP contribution >= 0.6 is 15.9 Å². The van der Waals surface area contributed by atoms with Crippen molar-refractivity contribution in [3.63, 3.8) is 0 Å². The van der Waals surface area contributed by atoms with Crippen LogP contribution in [0.4, 0.5) is 0 Å². The zero-order valence-corrected chi connectivity index (χ0v) is 15.6. The Morgan fingerprint density at radius 1 is 1.17 bits per heavy atom. The first kappa shape index (κ1) is 16.7. The van der Waals surface area contributed by atoms with Gasteiger partial charge >= 0.3 is 0 Å². The summed E-state index contributed by atoms with van der Waals surface area (Å²) >= 11 is 3.38. The molecule has 0 spiro atoms. The molecule has 1 N–H and O–H groups in total. The first-order valence-electron chi connectivity index (χ1n) is 7.91. The Balaban J connectivity index is 2.09. The fraction of sp³-hybridized carbons (Fsp3) is 0.263. The van der Waals surface area contributed by atoms with Crippen molar-refractivity contribution >= 4 is 32.7 Å². The topological polar surface area (TPSA) is 50.8 Å². The van der Waals surface area contributed by atoms with Gasteiger partial charge in [-0.25, -0.2) is 0 Å². The van der Waals surface area contributed by atoms with Gasteiger partial charge in [0.05, 0.1) is 17.6 Å². The van der Waals surface area contributed by atoms with E-state index < -0.39 is 0 Å². The highest BCUT2D eigenvalue weighted by Crippen LogP contribution is 2.24. The fourth-order valence-electron chi connectivity index (χ4n) is 3.03. The molecule has 4 nitrogen and oxygen atoms in total. The highest BCUT2D eigenvalue weighted by Gasteiger charge is 2.16. The fourth-order valence-corrected chi connectivity index (χ4v) is 3.29. The van der Waals surface area contributed by atoms with E-state index in [4.69, 9.17) is 5.41 Å². The van der Waals surface area contributed by atoms with E-state index in [-0.39, 0.29) is 12.3 Å². The Morgan fingerprint density at radius 2 is 1.83 bits per heavy atom. The first-order valence-corrected chi connectivity index (χ1v) is 8.71. The van der Waals surface area contributed by atoms with Crippen molar-refractivity contribution in [2.45, 2.75) is 26.3 Å². The third-order valence-corrected chi connectivity index (χ3v) is 4.86. The van der Waals surface area contributed by atoms with Gasteiger partial charge in [0.2, 0.25) is 5.62 Å². The number of fused-ring (bicyclic) bond motifs is 1. The normalized spacial score (nSPS) is 11.4. The predicted molar refractivity (Wildman–Crippen MR) is 99.3 cm³/mol. The molecular formula is C19H20BrN3O. The maximum atomic E-state index is 12.6. The van der Waals surface area contributed by atoms with Crippen LogP contribution in [0.1, 0.15) is 35.7 Å². The second-order valence-corrected chi connectivity index (χ2v) is 7.18. The summed E-state index contributed by atoms with van der Waals surface area (Å²) in [6.07, 6.45) is 0. The number of Topliss-reactive ketones (excluding diaryl/α,β-unsaturated/α-hetero) is 1. The summed E-state index contributed by atoms with van der Waals surface area (Å²) in [5.74, 6) is 0.362. The lowest BCUT2D eigenvalue weighted by Gasteiger charge is -2.09. The maximum absolute atomic E-state index is 12.6. The molecule has 0 amide bonds. The number of carbonyl (C=O) groups is 1. The number of hydrogen-bond acceptors (Lipinski definition) is 2. The second kappa shape index (κ2) is 6.40. The number of aromatic nitrogens is 2. The molecule has 0 bridgehead atoms. The molecule has 1 heterocycles. The van der Waals surface area contributed by atoms with Crippen LogP contribution in [-0.4, -0.2) is 14.9 Å². The largest absolute Gasteiger partial charge is 0.313 e. The molecule has 1 aromatic heterocycles. The van der Waals surface area contributed by atoms with E-state index >= 15 is 0 Å². The lowest BCUT2D eigenvalue weighted by molar-refractivity contribution is 0.0971. The van der Waals surface area contributed by atoms with Crippen molar-refractivity contribution in [2.75, 3.05) is 0 Å². The van der Waals surface area contributed by atoms with Crippen LogP contribution in [0.25, 0.3) is 11.0 Å². The van der Waals surface area contributed by atoms with Gasteiger partial charge in [0, 0.05) is 17.1 Å². The smallest absolute Gasteiger partial charge is 0.203 e. The van der Waals surface area contributed by atoms with Crippen molar-refractivity contribution in [2.24, 2.45) is 7.05 Å². The summed E-state index contributed by atoms with van der Waals surface area (Å²) in [7, 11) is 1.89. The lowest BCUT2D eigenvalue weighted by atomic mass is 10.0.